The minimum absolute atomic E-state index is 0.0800. The summed E-state index contributed by atoms with van der Waals surface area (Å²) in [4.78, 5) is 34.0. The van der Waals surface area contributed by atoms with E-state index in [1.54, 1.807) is 12.1 Å². The van der Waals surface area contributed by atoms with Crippen LogP contribution < -0.4 is 0 Å². The second-order valence-electron chi connectivity index (χ2n) is 10.1. The number of carboxylic acids is 2. The first-order chi connectivity index (χ1) is 20.1. The number of rotatable bonds is 8. The molecule has 10 heteroatoms. The van der Waals surface area contributed by atoms with E-state index in [0.29, 0.717) is 29.2 Å². The van der Waals surface area contributed by atoms with E-state index >= 15 is 0 Å². The Kier molecular flexibility index (Phi) is 10.8. The molecule has 1 spiro atoms. The lowest BCUT2D eigenvalue weighted by atomic mass is 9.84. The number of thioether (sulfide) groups is 1. The summed E-state index contributed by atoms with van der Waals surface area (Å²) in [5, 5.41) is 17.2. The number of likely N-dealkylation sites (tertiary alicyclic amines) is 1. The number of carbonyl (C=O) groups excluding carboxylic acids is 1. The summed E-state index contributed by atoms with van der Waals surface area (Å²) in [6.45, 7) is 2.92. The molecule has 0 aliphatic carbocycles. The fourth-order valence-electron chi connectivity index (χ4n) is 5.35. The van der Waals surface area contributed by atoms with Crippen molar-refractivity contribution in [3.63, 3.8) is 0 Å². The van der Waals surface area contributed by atoms with E-state index in [2.05, 4.69) is 35.2 Å². The third-order valence-corrected chi connectivity index (χ3v) is 9.78. The third-order valence-electron chi connectivity index (χ3n) is 7.40. The van der Waals surface area contributed by atoms with Crippen LogP contribution in [0.4, 0.5) is 4.39 Å². The van der Waals surface area contributed by atoms with Crippen LogP contribution >= 0.6 is 35.0 Å². The smallest absolute Gasteiger partial charge is 0.328 e. The lowest BCUT2D eigenvalue weighted by molar-refractivity contribution is -0.134. The molecule has 1 fully saturated rings. The highest BCUT2D eigenvalue weighted by atomic mass is 35.5. The molecule has 0 aromatic heterocycles. The number of carboxylic acid groups (broad SMARTS) is 2. The van der Waals surface area contributed by atoms with Crippen molar-refractivity contribution in [1.29, 1.82) is 0 Å². The molecule has 6 nitrogen and oxygen atoms in total. The van der Waals surface area contributed by atoms with Gasteiger partial charge in [0, 0.05) is 38.9 Å². The molecule has 220 valence electrons. The predicted octanol–water partition coefficient (Wildman–Crippen LogP) is 7.63. The van der Waals surface area contributed by atoms with Gasteiger partial charge in [-0.25, -0.2) is 14.0 Å². The van der Waals surface area contributed by atoms with Gasteiger partial charge in [-0.3, -0.25) is 4.79 Å². The molecule has 3 aromatic carbocycles. The number of fused-ring (bicyclic) bond motifs is 2. The standard InChI is InChI=1S/C28H26Cl2FNOS.C4H4O4/c29-20-9-12-23(25(30)18-20)27-22-4-1-2-5-24(22)28(34-27)13-16-32(17-14-28)15-3-6-26(33)19-7-10-21(31)11-8-19;5-3(6)1-2-4(7)8/h1-2,4-5,7-12,18,27H,3,6,13-17H2;1-2H,(H,5,6)(H,7,8)/b;2-1-. The molecule has 0 radical (unpaired) electrons. The van der Waals surface area contributed by atoms with Gasteiger partial charge in [0.2, 0.25) is 0 Å². The van der Waals surface area contributed by atoms with Crippen LogP contribution in [0.25, 0.3) is 0 Å². The summed E-state index contributed by atoms with van der Waals surface area (Å²) in [5.41, 5.74) is 4.50. The molecule has 5 rings (SSSR count). The zero-order chi connectivity index (χ0) is 30.3. The van der Waals surface area contributed by atoms with Crippen molar-refractivity contribution in [3.05, 3.63) is 117 Å². The minimum atomic E-state index is -1.26. The molecule has 0 bridgehead atoms. The van der Waals surface area contributed by atoms with Crippen molar-refractivity contribution in [2.45, 2.75) is 35.7 Å². The summed E-state index contributed by atoms with van der Waals surface area (Å²) in [5.74, 6) is -2.75. The van der Waals surface area contributed by atoms with Crippen molar-refractivity contribution >= 4 is 52.7 Å². The van der Waals surface area contributed by atoms with Gasteiger partial charge >= 0.3 is 11.9 Å². The van der Waals surface area contributed by atoms with E-state index in [1.165, 1.54) is 23.3 Å². The monoisotopic (exact) mass is 629 g/mol. The van der Waals surface area contributed by atoms with Gasteiger partial charge in [-0.1, -0.05) is 53.5 Å². The number of nitrogens with zero attached hydrogens (tertiary/aromatic N) is 1. The third kappa shape index (κ3) is 8.01. The maximum Gasteiger partial charge on any atom is 0.328 e. The SMILES string of the molecule is O=C(CCCN1CCC2(CC1)SC(c1ccc(Cl)cc1Cl)c1ccccc12)c1ccc(F)cc1.O=C(O)/C=C\C(=O)O. The second-order valence-corrected chi connectivity index (χ2v) is 12.5. The van der Waals surface area contributed by atoms with Crippen LogP contribution in [0, 0.1) is 5.82 Å². The van der Waals surface area contributed by atoms with Crippen molar-refractivity contribution in [1.82, 2.24) is 4.90 Å². The van der Waals surface area contributed by atoms with Gasteiger partial charge in [-0.05, 0) is 92.0 Å². The van der Waals surface area contributed by atoms with E-state index in [0.717, 1.165) is 49.5 Å². The van der Waals surface area contributed by atoms with Crippen LogP contribution in [0.2, 0.25) is 10.0 Å². The highest BCUT2D eigenvalue weighted by Gasteiger charge is 2.46. The Morgan fingerprint density at radius 2 is 1.57 bits per heavy atom. The van der Waals surface area contributed by atoms with Crippen molar-refractivity contribution < 1.29 is 29.0 Å². The molecule has 3 aromatic rings. The molecule has 0 saturated carbocycles. The Hall–Kier alpha value is -3.17. The maximum atomic E-state index is 13.1. The normalized spacial score (nSPS) is 17.5. The molecule has 0 amide bonds. The molecule has 1 atom stereocenters. The highest BCUT2D eigenvalue weighted by molar-refractivity contribution is 8.01. The quantitative estimate of drug-likeness (QED) is 0.195. The summed E-state index contributed by atoms with van der Waals surface area (Å²) in [6.07, 6.45) is 4.56. The van der Waals surface area contributed by atoms with Crippen molar-refractivity contribution in [2.24, 2.45) is 0 Å². The van der Waals surface area contributed by atoms with Crippen LogP contribution in [0.15, 0.2) is 78.9 Å². The molecule has 1 saturated heterocycles. The van der Waals surface area contributed by atoms with E-state index in [-0.39, 0.29) is 21.6 Å². The predicted molar refractivity (Wildman–Crippen MR) is 164 cm³/mol. The zero-order valence-corrected chi connectivity index (χ0v) is 25.0. The van der Waals surface area contributed by atoms with E-state index in [9.17, 15) is 18.8 Å². The topological polar surface area (TPSA) is 94.9 Å². The lowest BCUT2D eigenvalue weighted by Gasteiger charge is -2.40. The molecular formula is C32H30Cl2FNO5S. The van der Waals surface area contributed by atoms with E-state index in [4.69, 9.17) is 33.4 Å². The van der Waals surface area contributed by atoms with Crippen molar-refractivity contribution in [3.8, 4) is 0 Å². The fourth-order valence-corrected chi connectivity index (χ4v) is 7.78. The minimum Gasteiger partial charge on any atom is -0.478 e. The number of hydrogen-bond donors (Lipinski definition) is 2. The number of hydrogen-bond acceptors (Lipinski definition) is 5. The summed E-state index contributed by atoms with van der Waals surface area (Å²) < 4.78 is 13.2. The van der Waals surface area contributed by atoms with E-state index < -0.39 is 11.9 Å². The number of benzene rings is 3. The molecule has 42 heavy (non-hydrogen) atoms. The second kappa shape index (κ2) is 14.3. The van der Waals surface area contributed by atoms with Crippen LogP contribution in [-0.4, -0.2) is 52.5 Å². The van der Waals surface area contributed by atoms with Crippen LogP contribution in [0.5, 0.6) is 0 Å². The average molecular weight is 631 g/mol. The summed E-state index contributed by atoms with van der Waals surface area (Å²) in [6, 6.07) is 20.4. The molecule has 2 aliphatic rings. The number of carbonyl (C=O) groups is 3. The molecule has 2 aliphatic heterocycles. The van der Waals surface area contributed by atoms with Gasteiger partial charge in [0.15, 0.2) is 5.78 Å². The number of aliphatic carboxylic acids is 2. The van der Waals surface area contributed by atoms with Gasteiger partial charge in [0.25, 0.3) is 0 Å². The van der Waals surface area contributed by atoms with E-state index in [1.807, 2.05) is 23.9 Å². The molecule has 2 heterocycles. The number of halogens is 3. The Balaban J connectivity index is 0.000000446. The first kappa shape index (κ1) is 31.8. The average Bonchev–Trinajstić information content (AvgIpc) is 3.27. The number of piperidine rings is 1. The van der Waals surface area contributed by atoms with Crippen LogP contribution in [0.1, 0.15) is 58.0 Å². The first-order valence-corrected chi connectivity index (χ1v) is 15.1. The fraction of sp³-hybridized carbons (Fsp3) is 0.281. The molecule has 1 unspecified atom stereocenters. The number of Topliss-reactive ketones (excluding diaryl/α,β-unsaturated/α-hetero) is 1. The summed E-state index contributed by atoms with van der Waals surface area (Å²) >= 11 is 14.8. The highest BCUT2D eigenvalue weighted by Crippen LogP contribution is 2.62. The van der Waals surface area contributed by atoms with Crippen molar-refractivity contribution in [2.75, 3.05) is 19.6 Å². The zero-order valence-electron chi connectivity index (χ0n) is 22.6. The van der Waals surface area contributed by atoms with Gasteiger partial charge in [0.1, 0.15) is 5.82 Å². The Labute approximate surface area is 258 Å². The Morgan fingerprint density at radius 1 is 0.929 bits per heavy atom. The molecular weight excluding hydrogens is 600 g/mol. The van der Waals surface area contributed by atoms with Gasteiger partial charge < -0.3 is 15.1 Å². The van der Waals surface area contributed by atoms with Crippen LogP contribution in [0.3, 0.4) is 0 Å². The maximum absolute atomic E-state index is 13.1. The Morgan fingerprint density at radius 3 is 2.19 bits per heavy atom. The largest absolute Gasteiger partial charge is 0.478 e. The number of ketones is 1. The lowest BCUT2D eigenvalue weighted by Crippen LogP contribution is -2.40. The van der Waals surface area contributed by atoms with Gasteiger partial charge in [-0.15, -0.1) is 11.8 Å². The molecule has 2 N–H and O–H groups in total. The Bertz CT molecular complexity index is 1460. The van der Waals surface area contributed by atoms with Gasteiger partial charge in [0.05, 0.1) is 5.25 Å². The van der Waals surface area contributed by atoms with Gasteiger partial charge in [-0.2, -0.15) is 0 Å². The first-order valence-electron chi connectivity index (χ1n) is 13.5. The summed E-state index contributed by atoms with van der Waals surface area (Å²) in [7, 11) is 0. The van der Waals surface area contributed by atoms with Crippen LogP contribution in [-0.2, 0) is 14.3 Å².